The smallest absolute Gasteiger partial charge is 0.239 e. The van der Waals surface area contributed by atoms with Gasteiger partial charge in [0.05, 0.1) is 12.0 Å². The molecule has 4 aromatic rings. The minimum Gasteiger partial charge on any atom is -0.497 e. The second-order valence-corrected chi connectivity index (χ2v) is 9.63. The number of anilines is 1. The molecule has 6 nitrogen and oxygen atoms in total. The van der Waals surface area contributed by atoms with Crippen LogP contribution in [0.2, 0.25) is 5.02 Å². The summed E-state index contributed by atoms with van der Waals surface area (Å²) < 4.78 is 33.2. The highest BCUT2D eigenvalue weighted by Crippen LogP contribution is 2.28. The highest BCUT2D eigenvalue weighted by molar-refractivity contribution is 7.92. The molecule has 0 aliphatic rings. The molecular weight excluding hydrogens is 448 g/mol. The summed E-state index contributed by atoms with van der Waals surface area (Å²) in [7, 11) is -2.35. The van der Waals surface area contributed by atoms with Crippen LogP contribution < -0.4 is 10.1 Å². The Morgan fingerprint density at radius 2 is 1.69 bits per heavy atom. The first kappa shape index (κ1) is 21.9. The monoisotopic (exact) mass is 468 g/mol. The first-order valence-electron chi connectivity index (χ1n) is 9.85. The Morgan fingerprint density at radius 1 is 1.00 bits per heavy atom. The zero-order chi connectivity index (χ0) is 22.7. The first-order valence-corrected chi connectivity index (χ1v) is 11.9. The predicted octanol–water partition coefficient (Wildman–Crippen LogP) is 4.76. The number of amides is 1. The van der Waals surface area contributed by atoms with Crippen molar-refractivity contribution in [3.05, 3.63) is 89.6 Å². The third-order valence-electron chi connectivity index (χ3n) is 5.08. The van der Waals surface area contributed by atoms with Crippen LogP contribution in [0.15, 0.2) is 83.9 Å². The number of nitrogens with zero attached hydrogens (tertiary/aromatic N) is 1. The Kier molecular flexibility index (Phi) is 6.21. The fraction of sp³-hybridized carbons (Fsp3) is 0.125. The van der Waals surface area contributed by atoms with Gasteiger partial charge in [0, 0.05) is 34.4 Å². The van der Waals surface area contributed by atoms with Crippen LogP contribution in [0.25, 0.3) is 10.9 Å². The molecule has 1 aromatic heterocycles. The summed E-state index contributed by atoms with van der Waals surface area (Å²) in [6.45, 7) is 0.410. The lowest BCUT2D eigenvalue weighted by atomic mass is 10.2. The van der Waals surface area contributed by atoms with E-state index in [1.165, 1.54) is 0 Å². The fourth-order valence-corrected chi connectivity index (χ4v) is 5.09. The van der Waals surface area contributed by atoms with Crippen molar-refractivity contribution in [1.29, 1.82) is 0 Å². The molecule has 0 saturated heterocycles. The van der Waals surface area contributed by atoms with Gasteiger partial charge in [0.2, 0.25) is 5.91 Å². The largest absolute Gasteiger partial charge is 0.497 e. The number of carbonyl (C=O) groups excluding carboxylic acids is 1. The van der Waals surface area contributed by atoms with Gasteiger partial charge >= 0.3 is 0 Å². The first-order chi connectivity index (χ1) is 15.4. The second kappa shape index (κ2) is 9.06. The SMILES string of the molecule is COc1ccc(NC(=O)CS(=O)(=O)c2cn(Cc3ccccc3Cl)c3ccccc23)cc1. The molecule has 0 aliphatic heterocycles. The molecular formula is C24H21ClN2O4S. The van der Waals surface area contributed by atoms with Gasteiger partial charge in [-0.05, 0) is 42.0 Å². The van der Waals surface area contributed by atoms with E-state index in [1.807, 2.05) is 34.9 Å². The molecule has 0 unspecified atom stereocenters. The molecule has 4 rings (SSSR count). The van der Waals surface area contributed by atoms with Gasteiger partial charge in [-0.1, -0.05) is 48.0 Å². The average Bonchev–Trinajstić information content (AvgIpc) is 3.15. The number of ether oxygens (including phenoxy) is 1. The summed E-state index contributed by atoms with van der Waals surface area (Å²) in [5.41, 5.74) is 2.12. The highest BCUT2D eigenvalue weighted by atomic mass is 35.5. The van der Waals surface area contributed by atoms with E-state index in [2.05, 4.69) is 5.32 Å². The van der Waals surface area contributed by atoms with E-state index in [0.29, 0.717) is 28.4 Å². The van der Waals surface area contributed by atoms with Gasteiger partial charge in [0.25, 0.3) is 0 Å². The fourth-order valence-electron chi connectivity index (χ4n) is 3.52. The van der Waals surface area contributed by atoms with Crippen LogP contribution in [0.5, 0.6) is 5.75 Å². The molecule has 0 spiro atoms. The molecule has 0 bridgehead atoms. The van der Waals surface area contributed by atoms with Crippen molar-refractivity contribution in [2.24, 2.45) is 0 Å². The van der Waals surface area contributed by atoms with Crippen molar-refractivity contribution in [3.8, 4) is 5.75 Å². The zero-order valence-electron chi connectivity index (χ0n) is 17.3. The standard InChI is InChI=1S/C24H21ClN2O4S/c1-31-19-12-10-18(11-13-19)26-24(28)16-32(29,30)23-15-27(22-9-5-3-7-20(22)23)14-17-6-2-4-8-21(17)25/h2-13,15H,14,16H2,1H3,(H,26,28). The summed E-state index contributed by atoms with van der Waals surface area (Å²) in [6.07, 6.45) is 1.57. The number of nitrogens with one attached hydrogen (secondary N) is 1. The van der Waals surface area contributed by atoms with Gasteiger partial charge in [0.15, 0.2) is 9.84 Å². The van der Waals surface area contributed by atoms with Crippen LogP contribution in [0, 0.1) is 0 Å². The number of halogens is 1. The summed E-state index contributed by atoms with van der Waals surface area (Å²) in [6, 6.07) is 21.3. The van der Waals surface area contributed by atoms with Crippen LogP contribution in [-0.4, -0.2) is 31.8 Å². The van der Waals surface area contributed by atoms with Crippen LogP contribution in [0.1, 0.15) is 5.56 Å². The van der Waals surface area contributed by atoms with E-state index in [1.54, 1.807) is 55.8 Å². The number of fused-ring (bicyclic) bond motifs is 1. The van der Waals surface area contributed by atoms with Gasteiger partial charge in [0.1, 0.15) is 11.5 Å². The maximum absolute atomic E-state index is 13.2. The molecule has 1 amide bonds. The minimum absolute atomic E-state index is 0.116. The van der Waals surface area contributed by atoms with E-state index in [0.717, 1.165) is 11.1 Å². The molecule has 3 aromatic carbocycles. The van der Waals surface area contributed by atoms with Gasteiger partial charge in [-0.3, -0.25) is 4.79 Å². The summed E-state index contributed by atoms with van der Waals surface area (Å²) in [5, 5.41) is 3.79. The maximum Gasteiger partial charge on any atom is 0.239 e. The number of para-hydroxylation sites is 1. The normalized spacial score (nSPS) is 11.4. The molecule has 0 aliphatic carbocycles. The maximum atomic E-state index is 13.2. The van der Waals surface area contributed by atoms with Gasteiger partial charge in [-0.15, -0.1) is 0 Å². The summed E-state index contributed by atoms with van der Waals surface area (Å²) >= 11 is 6.29. The number of methoxy groups -OCH3 is 1. The minimum atomic E-state index is -3.89. The number of rotatable bonds is 7. The van der Waals surface area contributed by atoms with Crippen molar-refractivity contribution in [1.82, 2.24) is 4.57 Å². The number of hydrogen-bond donors (Lipinski definition) is 1. The zero-order valence-corrected chi connectivity index (χ0v) is 18.9. The summed E-state index contributed by atoms with van der Waals surface area (Å²) in [4.78, 5) is 12.6. The summed E-state index contributed by atoms with van der Waals surface area (Å²) in [5.74, 6) is -0.640. The lowest BCUT2D eigenvalue weighted by Gasteiger charge is -2.07. The number of benzene rings is 3. The molecule has 8 heteroatoms. The number of hydrogen-bond acceptors (Lipinski definition) is 4. The number of aromatic nitrogens is 1. The molecule has 0 saturated carbocycles. The van der Waals surface area contributed by atoms with Crippen molar-refractivity contribution in [2.75, 3.05) is 18.2 Å². The lowest BCUT2D eigenvalue weighted by molar-refractivity contribution is -0.113. The van der Waals surface area contributed by atoms with E-state index in [9.17, 15) is 13.2 Å². The van der Waals surface area contributed by atoms with Gasteiger partial charge in [-0.25, -0.2) is 8.42 Å². The molecule has 164 valence electrons. The van der Waals surface area contributed by atoms with E-state index >= 15 is 0 Å². The lowest BCUT2D eigenvalue weighted by Crippen LogP contribution is -2.23. The van der Waals surface area contributed by atoms with Crippen LogP contribution >= 0.6 is 11.6 Å². The quantitative estimate of drug-likeness (QED) is 0.424. The topological polar surface area (TPSA) is 77.4 Å². The molecule has 0 radical (unpaired) electrons. The van der Waals surface area contributed by atoms with E-state index < -0.39 is 21.5 Å². The van der Waals surface area contributed by atoms with Gasteiger partial charge < -0.3 is 14.6 Å². The Hall–Kier alpha value is -3.29. The molecule has 32 heavy (non-hydrogen) atoms. The third-order valence-corrected chi connectivity index (χ3v) is 7.09. The Bertz CT molecular complexity index is 1380. The van der Waals surface area contributed by atoms with Crippen molar-refractivity contribution >= 4 is 43.9 Å². The second-order valence-electron chi connectivity index (χ2n) is 7.27. The Balaban J connectivity index is 1.61. The molecule has 0 fully saturated rings. The van der Waals surface area contributed by atoms with E-state index in [4.69, 9.17) is 16.3 Å². The van der Waals surface area contributed by atoms with Crippen molar-refractivity contribution in [2.45, 2.75) is 11.4 Å². The Morgan fingerprint density at radius 3 is 2.41 bits per heavy atom. The molecule has 0 atom stereocenters. The van der Waals surface area contributed by atoms with Gasteiger partial charge in [-0.2, -0.15) is 0 Å². The number of sulfone groups is 1. The average molecular weight is 469 g/mol. The Labute approximate surface area is 191 Å². The van der Waals surface area contributed by atoms with Crippen LogP contribution in [0.4, 0.5) is 5.69 Å². The third kappa shape index (κ3) is 4.64. The van der Waals surface area contributed by atoms with E-state index in [-0.39, 0.29) is 4.90 Å². The molecule has 1 N–H and O–H groups in total. The van der Waals surface area contributed by atoms with Crippen molar-refractivity contribution in [3.63, 3.8) is 0 Å². The molecule has 1 heterocycles. The predicted molar refractivity (Wildman–Crippen MR) is 126 cm³/mol. The van der Waals surface area contributed by atoms with Crippen LogP contribution in [0.3, 0.4) is 0 Å². The highest BCUT2D eigenvalue weighted by Gasteiger charge is 2.24. The van der Waals surface area contributed by atoms with Crippen LogP contribution in [-0.2, 0) is 21.2 Å². The number of carbonyl (C=O) groups is 1. The van der Waals surface area contributed by atoms with Crippen molar-refractivity contribution < 1.29 is 17.9 Å².